The summed E-state index contributed by atoms with van der Waals surface area (Å²) in [5.74, 6) is 1.02. The van der Waals surface area contributed by atoms with Crippen LogP contribution in [0.5, 0.6) is 0 Å². The molecule has 24 heavy (non-hydrogen) atoms. The van der Waals surface area contributed by atoms with Crippen LogP contribution in [0.1, 0.15) is 10.9 Å². The van der Waals surface area contributed by atoms with Crippen LogP contribution in [0.25, 0.3) is 22.6 Å². The zero-order valence-corrected chi connectivity index (χ0v) is 14.1. The van der Waals surface area contributed by atoms with Crippen LogP contribution < -0.4 is 0 Å². The fourth-order valence-corrected chi connectivity index (χ4v) is 3.36. The minimum absolute atomic E-state index is 0.496. The molecule has 0 saturated heterocycles. The summed E-state index contributed by atoms with van der Waals surface area (Å²) >= 11 is 7.75. The maximum atomic E-state index is 6.17. The van der Waals surface area contributed by atoms with Crippen LogP contribution in [0.2, 0.25) is 5.02 Å². The third-order valence-electron chi connectivity index (χ3n) is 3.51. The van der Waals surface area contributed by atoms with Gasteiger partial charge in [0.1, 0.15) is 5.01 Å². The molecular weight excluding hydrogens is 342 g/mol. The topological polar surface area (TPSA) is 51.8 Å². The predicted molar refractivity (Wildman–Crippen MR) is 95.1 cm³/mol. The average Bonchev–Trinajstić information content (AvgIpc) is 3.26. The summed E-state index contributed by atoms with van der Waals surface area (Å²) in [7, 11) is 0. The Morgan fingerprint density at radius 2 is 1.75 bits per heavy atom. The summed E-state index contributed by atoms with van der Waals surface area (Å²) in [5, 5.41) is 7.59. The van der Waals surface area contributed by atoms with Crippen LogP contribution in [0, 0.1) is 0 Å². The van der Waals surface area contributed by atoms with E-state index in [-0.39, 0.29) is 0 Å². The second-order valence-electron chi connectivity index (χ2n) is 5.16. The number of nitrogens with zero attached hydrogens (tertiary/aromatic N) is 3. The standard InChI is InChI=1S/C18H12ClN3OS/c19-14-9-5-4-8-13(14)18-21-16(23-22-18)10-17-20-15(11-24-17)12-6-2-1-3-7-12/h1-9,11H,10H2. The molecule has 0 amide bonds. The molecule has 4 aromatic rings. The maximum Gasteiger partial charge on any atom is 0.233 e. The Morgan fingerprint density at radius 1 is 0.958 bits per heavy atom. The molecule has 0 aliphatic rings. The van der Waals surface area contributed by atoms with Gasteiger partial charge in [0.25, 0.3) is 0 Å². The Kier molecular flexibility index (Phi) is 4.11. The Labute approximate surface area is 147 Å². The molecule has 0 saturated carbocycles. The molecule has 4 rings (SSSR count). The monoisotopic (exact) mass is 353 g/mol. The summed E-state index contributed by atoms with van der Waals surface area (Å²) in [6, 6.07) is 17.5. The highest BCUT2D eigenvalue weighted by atomic mass is 35.5. The molecule has 2 heterocycles. The van der Waals surface area contributed by atoms with Crippen LogP contribution in [-0.4, -0.2) is 15.1 Å². The third kappa shape index (κ3) is 3.09. The van der Waals surface area contributed by atoms with Gasteiger partial charge in [-0.25, -0.2) is 4.98 Å². The van der Waals surface area contributed by atoms with Crippen molar-refractivity contribution in [1.82, 2.24) is 15.1 Å². The van der Waals surface area contributed by atoms with Crippen molar-refractivity contribution in [3.05, 3.63) is 75.9 Å². The molecule has 0 bridgehead atoms. The number of benzene rings is 2. The highest BCUT2D eigenvalue weighted by Gasteiger charge is 2.13. The SMILES string of the molecule is Clc1ccccc1-c1noc(Cc2nc(-c3ccccc3)cs2)n1. The van der Waals surface area contributed by atoms with Crippen molar-refractivity contribution in [2.45, 2.75) is 6.42 Å². The number of hydrogen-bond acceptors (Lipinski definition) is 5. The highest BCUT2D eigenvalue weighted by molar-refractivity contribution is 7.10. The van der Waals surface area contributed by atoms with Crippen LogP contribution >= 0.6 is 22.9 Å². The summed E-state index contributed by atoms with van der Waals surface area (Å²) in [6.45, 7) is 0. The Balaban J connectivity index is 1.55. The van der Waals surface area contributed by atoms with E-state index in [0.29, 0.717) is 23.2 Å². The number of thiazole rings is 1. The molecule has 2 aromatic carbocycles. The zero-order valence-electron chi connectivity index (χ0n) is 12.5. The summed E-state index contributed by atoms with van der Waals surface area (Å²) in [4.78, 5) is 9.06. The van der Waals surface area contributed by atoms with E-state index < -0.39 is 0 Å². The molecule has 0 aliphatic heterocycles. The van der Waals surface area contributed by atoms with Crippen molar-refractivity contribution in [2.75, 3.05) is 0 Å². The van der Waals surface area contributed by atoms with Crippen molar-refractivity contribution in [3.8, 4) is 22.6 Å². The Bertz CT molecular complexity index is 965. The molecule has 4 nitrogen and oxygen atoms in total. The third-order valence-corrected chi connectivity index (χ3v) is 4.69. The molecule has 0 unspecified atom stereocenters. The first-order valence-corrected chi connectivity index (χ1v) is 8.62. The molecule has 0 radical (unpaired) electrons. The van der Waals surface area contributed by atoms with Crippen LogP contribution in [0.4, 0.5) is 0 Å². The van der Waals surface area contributed by atoms with Crippen molar-refractivity contribution in [2.24, 2.45) is 0 Å². The maximum absolute atomic E-state index is 6.17. The van der Waals surface area contributed by atoms with E-state index in [4.69, 9.17) is 16.1 Å². The van der Waals surface area contributed by atoms with Crippen LogP contribution in [0.3, 0.4) is 0 Å². The first-order valence-electron chi connectivity index (χ1n) is 7.37. The van der Waals surface area contributed by atoms with E-state index in [1.54, 1.807) is 17.4 Å². The molecule has 0 N–H and O–H groups in total. The smallest absolute Gasteiger partial charge is 0.233 e. The van der Waals surface area contributed by atoms with Gasteiger partial charge in [-0.3, -0.25) is 0 Å². The van der Waals surface area contributed by atoms with Crippen molar-refractivity contribution < 1.29 is 4.52 Å². The minimum Gasteiger partial charge on any atom is -0.339 e. The van der Waals surface area contributed by atoms with E-state index in [1.165, 1.54) is 0 Å². The predicted octanol–water partition coefficient (Wildman–Crippen LogP) is 5.10. The number of aromatic nitrogens is 3. The van der Waals surface area contributed by atoms with Gasteiger partial charge in [-0.05, 0) is 12.1 Å². The summed E-state index contributed by atoms with van der Waals surface area (Å²) in [5.41, 5.74) is 2.82. The highest BCUT2D eigenvalue weighted by Crippen LogP contribution is 2.26. The van der Waals surface area contributed by atoms with E-state index in [2.05, 4.69) is 15.1 Å². The Morgan fingerprint density at radius 3 is 2.58 bits per heavy atom. The lowest BCUT2D eigenvalue weighted by Gasteiger charge is -1.96. The first-order chi connectivity index (χ1) is 11.8. The van der Waals surface area contributed by atoms with Crippen LogP contribution in [0.15, 0.2) is 64.5 Å². The minimum atomic E-state index is 0.496. The largest absolute Gasteiger partial charge is 0.339 e. The van der Waals surface area contributed by atoms with Crippen molar-refractivity contribution in [1.29, 1.82) is 0 Å². The lowest BCUT2D eigenvalue weighted by Crippen LogP contribution is -1.88. The Hall–Kier alpha value is -2.50. The molecule has 118 valence electrons. The van der Waals surface area contributed by atoms with Crippen LogP contribution in [-0.2, 0) is 6.42 Å². The summed E-state index contributed by atoms with van der Waals surface area (Å²) < 4.78 is 5.34. The number of rotatable bonds is 4. The number of hydrogen-bond donors (Lipinski definition) is 0. The normalized spacial score (nSPS) is 10.9. The molecule has 2 aromatic heterocycles. The molecule has 6 heteroatoms. The van der Waals surface area contributed by atoms with E-state index in [9.17, 15) is 0 Å². The molecule has 0 aliphatic carbocycles. The van der Waals surface area contributed by atoms with Gasteiger partial charge >= 0.3 is 0 Å². The van der Waals surface area contributed by atoms with Gasteiger partial charge in [0, 0.05) is 16.5 Å². The van der Waals surface area contributed by atoms with Gasteiger partial charge in [-0.1, -0.05) is 59.2 Å². The average molecular weight is 354 g/mol. The fourth-order valence-electron chi connectivity index (χ4n) is 2.34. The fraction of sp³-hybridized carbons (Fsp3) is 0.0556. The molecular formula is C18H12ClN3OS. The van der Waals surface area contributed by atoms with Gasteiger partial charge in [0.2, 0.25) is 11.7 Å². The lowest BCUT2D eigenvalue weighted by atomic mass is 10.2. The second-order valence-corrected chi connectivity index (χ2v) is 6.51. The van der Waals surface area contributed by atoms with E-state index >= 15 is 0 Å². The lowest BCUT2D eigenvalue weighted by molar-refractivity contribution is 0.385. The van der Waals surface area contributed by atoms with Crippen molar-refractivity contribution in [3.63, 3.8) is 0 Å². The first kappa shape index (κ1) is 15.1. The quantitative estimate of drug-likeness (QED) is 0.512. The van der Waals surface area contributed by atoms with Gasteiger partial charge in [0.05, 0.1) is 17.1 Å². The van der Waals surface area contributed by atoms with E-state index in [1.807, 2.05) is 53.9 Å². The van der Waals surface area contributed by atoms with Gasteiger partial charge in [-0.2, -0.15) is 4.98 Å². The molecule has 0 fully saturated rings. The molecule has 0 spiro atoms. The van der Waals surface area contributed by atoms with E-state index in [0.717, 1.165) is 21.8 Å². The van der Waals surface area contributed by atoms with Gasteiger partial charge in [0.15, 0.2) is 0 Å². The van der Waals surface area contributed by atoms with Crippen molar-refractivity contribution >= 4 is 22.9 Å². The molecule has 0 atom stereocenters. The van der Waals surface area contributed by atoms with Gasteiger partial charge in [-0.15, -0.1) is 11.3 Å². The number of halogens is 1. The van der Waals surface area contributed by atoms with Gasteiger partial charge < -0.3 is 4.52 Å². The zero-order chi connectivity index (χ0) is 16.4. The second kappa shape index (κ2) is 6.55. The summed E-state index contributed by atoms with van der Waals surface area (Å²) in [6.07, 6.45) is 0.509.